The molecule has 1 aromatic carbocycles. The summed E-state index contributed by atoms with van der Waals surface area (Å²) in [5, 5.41) is 20.0. The van der Waals surface area contributed by atoms with Crippen LogP contribution in [0.4, 0.5) is 5.69 Å². The van der Waals surface area contributed by atoms with Gasteiger partial charge in [0.15, 0.2) is 0 Å². The van der Waals surface area contributed by atoms with Crippen LogP contribution in [-0.2, 0) is 6.61 Å². The monoisotopic (exact) mass is 289 g/mol. The Kier molecular flexibility index (Phi) is 4.13. The molecule has 0 bridgehead atoms. The molecule has 1 aromatic heterocycles. The van der Waals surface area contributed by atoms with Crippen molar-refractivity contribution in [3.63, 3.8) is 0 Å². The van der Waals surface area contributed by atoms with Crippen LogP contribution in [0.5, 0.6) is 5.75 Å². The second-order valence-corrected chi connectivity index (χ2v) is 4.16. The minimum Gasteiger partial charge on any atom is -0.481 e. The minimum absolute atomic E-state index is 0.0214. The van der Waals surface area contributed by atoms with E-state index >= 15 is 0 Å². The fourth-order valence-corrected chi connectivity index (χ4v) is 1.81. The molecule has 0 unspecified atom stereocenters. The van der Waals surface area contributed by atoms with E-state index in [0.717, 1.165) is 0 Å². The highest BCUT2D eigenvalue weighted by Gasteiger charge is 2.18. The Balaban J connectivity index is 2.28. The van der Waals surface area contributed by atoms with Gasteiger partial charge in [0.2, 0.25) is 5.75 Å². The number of nitriles is 1. The largest absolute Gasteiger partial charge is 0.481 e. The van der Waals surface area contributed by atoms with Gasteiger partial charge in [-0.3, -0.25) is 10.1 Å². The smallest absolute Gasteiger partial charge is 0.312 e. The summed E-state index contributed by atoms with van der Waals surface area (Å²) in [5.41, 5.74) is 0.520. The van der Waals surface area contributed by atoms with Gasteiger partial charge in [0, 0.05) is 17.8 Å². The molecule has 6 nitrogen and oxygen atoms in total. The zero-order chi connectivity index (χ0) is 14.5. The van der Waals surface area contributed by atoms with Crippen LogP contribution >= 0.6 is 11.6 Å². The third kappa shape index (κ3) is 2.84. The standard InChI is InChI=1S/C13H8ClN3O3/c14-10-4-1-5-12(17(18)19)13(10)20-8-9-3-2-6-16-11(9)7-15/h1-6H,8H2. The summed E-state index contributed by atoms with van der Waals surface area (Å²) in [6.07, 6.45) is 1.49. The number of nitro benzene ring substituents is 1. The molecule has 7 heteroatoms. The van der Waals surface area contributed by atoms with Crippen LogP contribution in [0.1, 0.15) is 11.3 Å². The Labute approximate surface area is 119 Å². The molecule has 0 aliphatic heterocycles. The van der Waals surface area contributed by atoms with Crippen LogP contribution in [0.3, 0.4) is 0 Å². The van der Waals surface area contributed by atoms with Crippen molar-refractivity contribution in [2.75, 3.05) is 0 Å². The first kappa shape index (κ1) is 13.8. The predicted octanol–water partition coefficient (Wildman–Crippen LogP) is 3.09. The average Bonchev–Trinajstić information content (AvgIpc) is 2.46. The lowest BCUT2D eigenvalue weighted by Gasteiger charge is -2.08. The number of ether oxygens (including phenoxy) is 1. The predicted molar refractivity (Wildman–Crippen MR) is 71.4 cm³/mol. The first-order valence-electron chi connectivity index (χ1n) is 5.53. The number of pyridine rings is 1. The lowest BCUT2D eigenvalue weighted by atomic mass is 10.2. The first-order chi connectivity index (χ1) is 9.63. The molecule has 0 aliphatic carbocycles. The third-order valence-corrected chi connectivity index (χ3v) is 2.81. The Morgan fingerprint density at radius 3 is 2.90 bits per heavy atom. The van der Waals surface area contributed by atoms with Crippen molar-refractivity contribution in [2.24, 2.45) is 0 Å². The van der Waals surface area contributed by atoms with Gasteiger partial charge in [-0.2, -0.15) is 5.26 Å². The molecule has 0 atom stereocenters. The summed E-state index contributed by atoms with van der Waals surface area (Å²) in [6.45, 7) is -0.0265. The van der Waals surface area contributed by atoms with Gasteiger partial charge in [-0.25, -0.2) is 4.98 Å². The van der Waals surface area contributed by atoms with Gasteiger partial charge >= 0.3 is 5.69 Å². The number of hydrogen-bond donors (Lipinski definition) is 0. The first-order valence-corrected chi connectivity index (χ1v) is 5.91. The Bertz CT molecular complexity index is 698. The van der Waals surface area contributed by atoms with E-state index in [2.05, 4.69) is 4.98 Å². The molecular formula is C13H8ClN3O3. The van der Waals surface area contributed by atoms with Gasteiger partial charge in [-0.15, -0.1) is 0 Å². The molecule has 0 spiro atoms. The normalized spacial score (nSPS) is 9.80. The highest BCUT2D eigenvalue weighted by atomic mass is 35.5. The summed E-state index contributed by atoms with van der Waals surface area (Å²) >= 11 is 5.90. The van der Waals surface area contributed by atoms with Crippen LogP contribution < -0.4 is 4.74 Å². The maximum atomic E-state index is 10.9. The van der Waals surface area contributed by atoms with Crippen molar-refractivity contribution in [3.8, 4) is 11.8 Å². The Hall–Kier alpha value is -2.65. The molecule has 0 N–H and O–H groups in total. The van der Waals surface area contributed by atoms with Crippen molar-refractivity contribution >= 4 is 17.3 Å². The molecule has 0 saturated carbocycles. The van der Waals surface area contributed by atoms with Crippen LogP contribution in [0, 0.1) is 21.4 Å². The van der Waals surface area contributed by atoms with Crippen LogP contribution in [-0.4, -0.2) is 9.91 Å². The molecule has 0 saturated heterocycles. The summed E-state index contributed by atoms with van der Waals surface area (Å²) in [5.74, 6) is -0.0214. The maximum Gasteiger partial charge on any atom is 0.312 e. The summed E-state index contributed by atoms with van der Waals surface area (Å²) in [6, 6.07) is 9.51. The van der Waals surface area contributed by atoms with E-state index in [4.69, 9.17) is 21.6 Å². The van der Waals surface area contributed by atoms with Gasteiger partial charge in [-0.05, 0) is 12.1 Å². The molecule has 1 heterocycles. The number of nitro groups is 1. The van der Waals surface area contributed by atoms with Gasteiger partial charge in [0.05, 0.1) is 9.95 Å². The number of aromatic nitrogens is 1. The number of halogens is 1. The average molecular weight is 290 g/mol. The quantitative estimate of drug-likeness (QED) is 0.637. The minimum atomic E-state index is -0.574. The maximum absolute atomic E-state index is 10.9. The highest BCUT2D eigenvalue weighted by molar-refractivity contribution is 6.32. The summed E-state index contributed by atoms with van der Waals surface area (Å²) in [7, 11) is 0. The van der Waals surface area contributed by atoms with Crippen molar-refractivity contribution in [1.29, 1.82) is 5.26 Å². The lowest BCUT2D eigenvalue weighted by molar-refractivity contribution is -0.385. The van der Waals surface area contributed by atoms with E-state index in [9.17, 15) is 10.1 Å². The fourth-order valence-electron chi connectivity index (χ4n) is 1.59. The molecule has 0 radical (unpaired) electrons. The van der Waals surface area contributed by atoms with Crippen LogP contribution in [0.15, 0.2) is 36.5 Å². The number of hydrogen-bond acceptors (Lipinski definition) is 5. The highest BCUT2D eigenvalue weighted by Crippen LogP contribution is 2.34. The zero-order valence-corrected chi connectivity index (χ0v) is 10.9. The number of para-hydroxylation sites is 1. The van der Waals surface area contributed by atoms with E-state index < -0.39 is 4.92 Å². The van der Waals surface area contributed by atoms with Crippen molar-refractivity contribution in [2.45, 2.75) is 6.61 Å². The Morgan fingerprint density at radius 2 is 2.20 bits per heavy atom. The molecule has 0 amide bonds. The number of benzene rings is 1. The molecule has 0 aliphatic rings. The second-order valence-electron chi connectivity index (χ2n) is 3.76. The van der Waals surface area contributed by atoms with Crippen molar-refractivity contribution < 1.29 is 9.66 Å². The SMILES string of the molecule is N#Cc1ncccc1COc1c(Cl)cccc1[N+](=O)[O-]. The molecular weight excluding hydrogens is 282 g/mol. The summed E-state index contributed by atoms with van der Waals surface area (Å²) in [4.78, 5) is 14.2. The Morgan fingerprint density at radius 1 is 1.40 bits per heavy atom. The van der Waals surface area contributed by atoms with Crippen molar-refractivity contribution in [3.05, 3.63) is 62.9 Å². The zero-order valence-electron chi connectivity index (χ0n) is 10.1. The van der Waals surface area contributed by atoms with Gasteiger partial charge in [0.1, 0.15) is 18.4 Å². The fraction of sp³-hybridized carbons (Fsp3) is 0.0769. The third-order valence-electron chi connectivity index (χ3n) is 2.51. The van der Waals surface area contributed by atoms with Crippen LogP contribution in [0.25, 0.3) is 0 Å². The van der Waals surface area contributed by atoms with Crippen LogP contribution in [0.2, 0.25) is 5.02 Å². The molecule has 20 heavy (non-hydrogen) atoms. The van der Waals surface area contributed by atoms with E-state index in [1.54, 1.807) is 12.1 Å². The topological polar surface area (TPSA) is 89.0 Å². The van der Waals surface area contributed by atoms with Gasteiger partial charge in [0.25, 0.3) is 0 Å². The van der Waals surface area contributed by atoms with E-state index in [0.29, 0.717) is 5.56 Å². The van der Waals surface area contributed by atoms with Gasteiger partial charge < -0.3 is 4.74 Å². The molecule has 100 valence electrons. The van der Waals surface area contributed by atoms with E-state index in [1.165, 1.54) is 24.4 Å². The lowest BCUT2D eigenvalue weighted by Crippen LogP contribution is -2.02. The number of rotatable bonds is 4. The van der Waals surface area contributed by atoms with E-state index in [1.807, 2.05) is 6.07 Å². The number of nitrogens with zero attached hydrogens (tertiary/aromatic N) is 3. The van der Waals surface area contributed by atoms with Crippen molar-refractivity contribution in [1.82, 2.24) is 4.98 Å². The molecule has 0 fully saturated rings. The molecule has 2 rings (SSSR count). The van der Waals surface area contributed by atoms with Gasteiger partial charge in [-0.1, -0.05) is 23.7 Å². The molecule has 2 aromatic rings. The van der Waals surface area contributed by atoms with E-state index in [-0.39, 0.29) is 28.8 Å². The second kappa shape index (κ2) is 5.99. The summed E-state index contributed by atoms with van der Waals surface area (Å²) < 4.78 is 5.39.